The van der Waals surface area contributed by atoms with Crippen molar-refractivity contribution < 1.29 is 18.0 Å². The number of rotatable bonds is 4. The lowest BCUT2D eigenvalue weighted by Gasteiger charge is -2.04. The number of aromatic amines is 1. The molecule has 0 aliphatic heterocycles. The van der Waals surface area contributed by atoms with Gasteiger partial charge in [0.2, 0.25) is 0 Å². The van der Waals surface area contributed by atoms with Gasteiger partial charge in [0, 0.05) is 18.5 Å². The molecule has 2 aromatic carbocycles. The molecule has 0 aliphatic rings. The number of imidazole rings is 1. The topological polar surface area (TPSA) is 57.8 Å². The van der Waals surface area contributed by atoms with E-state index in [-0.39, 0.29) is 17.9 Å². The van der Waals surface area contributed by atoms with Crippen molar-refractivity contribution in [1.82, 2.24) is 15.3 Å². The van der Waals surface area contributed by atoms with E-state index < -0.39 is 17.5 Å². The van der Waals surface area contributed by atoms with Crippen molar-refractivity contribution in [1.29, 1.82) is 0 Å². The molecule has 0 atom stereocenters. The summed E-state index contributed by atoms with van der Waals surface area (Å²) < 4.78 is 39.0. The molecule has 0 spiro atoms. The Morgan fingerprint density at radius 2 is 1.91 bits per heavy atom. The zero-order chi connectivity index (χ0) is 16.4. The quantitative estimate of drug-likeness (QED) is 0.777. The van der Waals surface area contributed by atoms with E-state index in [1.54, 1.807) is 6.07 Å². The standard InChI is InChI=1S/C16H12F3N3O/c17-10-2-4-13-14(8-10)22-15(21-13)5-6-20-16(23)9-1-3-11(18)12(19)7-9/h1-4,7-8H,5-6H2,(H,20,23)(H,21,22). The first-order chi connectivity index (χ1) is 11.0. The molecule has 1 amide bonds. The lowest BCUT2D eigenvalue weighted by Crippen LogP contribution is -2.26. The fourth-order valence-corrected chi connectivity index (χ4v) is 2.19. The van der Waals surface area contributed by atoms with Gasteiger partial charge in [0.05, 0.1) is 11.0 Å². The molecule has 3 rings (SSSR count). The van der Waals surface area contributed by atoms with Gasteiger partial charge >= 0.3 is 0 Å². The van der Waals surface area contributed by atoms with Crippen molar-refractivity contribution in [3.63, 3.8) is 0 Å². The highest BCUT2D eigenvalue weighted by Crippen LogP contribution is 2.13. The first-order valence-corrected chi connectivity index (χ1v) is 6.90. The van der Waals surface area contributed by atoms with Crippen LogP contribution in [-0.2, 0) is 6.42 Å². The summed E-state index contributed by atoms with van der Waals surface area (Å²) in [6, 6.07) is 7.17. The molecule has 3 aromatic rings. The Balaban J connectivity index is 1.61. The maximum Gasteiger partial charge on any atom is 0.251 e. The minimum Gasteiger partial charge on any atom is -0.352 e. The average Bonchev–Trinajstić information content (AvgIpc) is 2.91. The van der Waals surface area contributed by atoms with E-state index in [9.17, 15) is 18.0 Å². The summed E-state index contributed by atoms with van der Waals surface area (Å²) in [5.41, 5.74) is 1.25. The van der Waals surface area contributed by atoms with Crippen LogP contribution in [0.15, 0.2) is 36.4 Å². The van der Waals surface area contributed by atoms with Crippen molar-refractivity contribution in [3.8, 4) is 0 Å². The molecule has 2 N–H and O–H groups in total. The minimum atomic E-state index is -1.07. The number of nitrogens with zero attached hydrogens (tertiary/aromatic N) is 1. The van der Waals surface area contributed by atoms with Gasteiger partial charge in [-0.1, -0.05) is 0 Å². The Labute approximate surface area is 129 Å². The lowest BCUT2D eigenvalue weighted by atomic mass is 10.2. The predicted octanol–water partition coefficient (Wildman–Crippen LogP) is 2.95. The second kappa shape index (κ2) is 6.12. The number of halogens is 3. The van der Waals surface area contributed by atoms with E-state index in [1.807, 2.05) is 0 Å². The van der Waals surface area contributed by atoms with Gasteiger partial charge in [-0.05, 0) is 36.4 Å². The Morgan fingerprint density at radius 3 is 2.70 bits per heavy atom. The van der Waals surface area contributed by atoms with Crippen LogP contribution in [0, 0.1) is 17.5 Å². The van der Waals surface area contributed by atoms with Gasteiger partial charge < -0.3 is 10.3 Å². The van der Waals surface area contributed by atoms with E-state index in [0.29, 0.717) is 23.3 Å². The van der Waals surface area contributed by atoms with E-state index in [2.05, 4.69) is 15.3 Å². The Morgan fingerprint density at radius 1 is 1.09 bits per heavy atom. The summed E-state index contributed by atoms with van der Waals surface area (Å²) in [6.45, 7) is 0.250. The van der Waals surface area contributed by atoms with Gasteiger partial charge in [-0.3, -0.25) is 4.79 Å². The monoisotopic (exact) mass is 319 g/mol. The number of aromatic nitrogens is 2. The average molecular weight is 319 g/mol. The van der Waals surface area contributed by atoms with Gasteiger partial charge in [-0.15, -0.1) is 0 Å². The second-order valence-electron chi connectivity index (χ2n) is 4.98. The number of fused-ring (bicyclic) bond motifs is 1. The summed E-state index contributed by atoms with van der Waals surface area (Å²) in [5, 5.41) is 2.59. The number of amides is 1. The summed E-state index contributed by atoms with van der Waals surface area (Å²) >= 11 is 0. The minimum absolute atomic E-state index is 0.0376. The molecule has 1 heterocycles. The van der Waals surface area contributed by atoms with Crippen LogP contribution in [0.2, 0.25) is 0 Å². The largest absolute Gasteiger partial charge is 0.352 e. The van der Waals surface area contributed by atoms with Crippen molar-refractivity contribution in [2.24, 2.45) is 0 Å². The molecule has 23 heavy (non-hydrogen) atoms. The zero-order valence-electron chi connectivity index (χ0n) is 11.9. The van der Waals surface area contributed by atoms with Crippen molar-refractivity contribution in [2.75, 3.05) is 6.54 Å². The number of hydrogen-bond acceptors (Lipinski definition) is 2. The van der Waals surface area contributed by atoms with Crippen LogP contribution < -0.4 is 5.32 Å². The summed E-state index contributed by atoms with van der Waals surface area (Å²) in [7, 11) is 0. The molecule has 0 saturated carbocycles. The molecule has 0 saturated heterocycles. The molecule has 0 bridgehead atoms. The Kier molecular flexibility index (Phi) is 4.01. The third-order valence-corrected chi connectivity index (χ3v) is 3.32. The molecule has 1 aromatic heterocycles. The highest BCUT2D eigenvalue weighted by molar-refractivity contribution is 5.94. The number of nitrogens with one attached hydrogen (secondary N) is 2. The zero-order valence-corrected chi connectivity index (χ0v) is 11.9. The first kappa shape index (κ1) is 15.1. The summed E-state index contributed by atoms with van der Waals surface area (Å²) in [5.74, 6) is -2.35. The van der Waals surface area contributed by atoms with E-state index in [1.165, 1.54) is 18.2 Å². The van der Waals surface area contributed by atoms with Crippen molar-refractivity contribution in [2.45, 2.75) is 6.42 Å². The number of carbonyl (C=O) groups is 1. The van der Waals surface area contributed by atoms with E-state index in [4.69, 9.17) is 0 Å². The molecule has 0 unspecified atom stereocenters. The van der Waals surface area contributed by atoms with Crippen LogP contribution in [-0.4, -0.2) is 22.4 Å². The third-order valence-electron chi connectivity index (χ3n) is 3.32. The highest BCUT2D eigenvalue weighted by Gasteiger charge is 2.10. The van der Waals surface area contributed by atoms with E-state index >= 15 is 0 Å². The SMILES string of the molecule is O=C(NCCc1nc2ccc(F)cc2[nH]1)c1ccc(F)c(F)c1. The molecule has 7 heteroatoms. The summed E-state index contributed by atoms with van der Waals surface area (Å²) in [4.78, 5) is 19.1. The predicted molar refractivity (Wildman–Crippen MR) is 78.4 cm³/mol. The van der Waals surface area contributed by atoms with Gasteiger partial charge in [0.15, 0.2) is 11.6 Å². The fraction of sp³-hybridized carbons (Fsp3) is 0.125. The van der Waals surface area contributed by atoms with Crippen molar-refractivity contribution in [3.05, 3.63) is 65.2 Å². The molecule has 4 nitrogen and oxygen atoms in total. The molecular weight excluding hydrogens is 307 g/mol. The maximum atomic E-state index is 13.1. The number of hydrogen-bond donors (Lipinski definition) is 2. The van der Waals surface area contributed by atoms with Crippen molar-refractivity contribution >= 4 is 16.9 Å². The molecular formula is C16H12F3N3O. The van der Waals surface area contributed by atoms with Gasteiger partial charge in [0.1, 0.15) is 11.6 Å². The molecule has 0 aliphatic carbocycles. The van der Waals surface area contributed by atoms with Crippen LogP contribution in [0.3, 0.4) is 0 Å². The second-order valence-corrected chi connectivity index (χ2v) is 4.98. The van der Waals surface area contributed by atoms with Crippen LogP contribution in [0.25, 0.3) is 11.0 Å². The number of carbonyl (C=O) groups excluding carboxylic acids is 1. The summed E-state index contributed by atoms with van der Waals surface area (Å²) in [6.07, 6.45) is 0.395. The smallest absolute Gasteiger partial charge is 0.251 e. The number of benzene rings is 2. The highest BCUT2D eigenvalue weighted by atomic mass is 19.2. The number of H-pyrrole nitrogens is 1. The van der Waals surface area contributed by atoms with Gasteiger partial charge in [-0.25, -0.2) is 18.2 Å². The van der Waals surface area contributed by atoms with Crippen LogP contribution >= 0.6 is 0 Å². The van der Waals surface area contributed by atoms with E-state index in [0.717, 1.165) is 12.1 Å². The van der Waals surface area contributed by atoms with Crippen LogP contribution in [0.5, 0.6) is 0 Å². The van der Waals surface area contributed by atoms with Crippen LogP contribution in [0.4, 0.5) is 13.2 Å². The first-order valence-electron chi connectivity index (χ1n) is 6.90. The Hall–Kier alpha value is -2.83. The van der Waals surface area contributed by atoms with Crippen LogP contribution in [0.1, 0.15) is 16.2 Å². The van der Waals surface area contributed by atoms with Gasteiger partial charge in [-0.2, -0.15) is 0 Å². The molecule has 0 radical (unpaired) electrons. The normalized spacial score (nSPS) is 10.9. The fourth-order valence-electron chi connectivity index (χ4n) is 2.19. The van der Waals surface area contributed by atoms with Gasteiger partial charge in [0.25, 0.3) is 5.91 Å². The molecule has 118 valence electrons. The third kappa shape index (κ3) is 3.33. The molecule has 0 fully saturated rings. The Bertz CT molecular complexity index is 876. The lowest BCUT2D eigenvalue weighted by molar-refractivity contribution is 0.0953. The maximum absolute atomic E-state index is 13.1.